The lowest BCUT2D eigenvalue weighted by Gasteiger charge is -2.22. The maximum Gasteiger partial charge on any atom is 0.305 e. The Morgan fingerprint density at radius 3 is 1.25 bits per heavy atom. The summed E-state index contributed by atoms with van der Waals surface area (Å²) in [5, 5.41) is 23.1. The topological polar surface area (TPSA) is 95.9 Å². The zero-order valence-electron chi connectivity index (χ0n) is 38.1. The Bertz CT molecular complexity index is 889. The lowest BCUT2D eigenvalue weighted by molar-refractivity contribution is -0.143. The number of allylic oxidation sites excluding steroid dienone is 4. The molecule has 0 heterocycles. The lowest BCUT2D eigenvalue weighted by atomic mass is 10.0. The molecule has 0 aromatic carbocycles. The van der Waals surface area contributed by atoms with Gasteiger partial charge in [0.1, 0.15) is 0 Å². The summed E-state index contributed by atoms with van der Waals surface area (Å²) in [6.07, 6.45) is 54.4. The van der Waals surface area contributed by atoms with Gasteiger partial charge >= 0.3 is 5.97 Å². The highest BCUT2D eigenvalue weighted by atomic mass is 16.5. The van der Waals surface area contributed by atoms with Crippen molar-refractivity contribution in [1.29, 1.82) is 0 Å². The molecular formula is C51H97NO5. The average molecular weight is 804 g/mol. The van der Waals surface area contributed by atoms with Crippen molar-refractivity contribution in [3.05, 3.63) is 24.3 Å². The molecule has 0 aliphatic carbocycles. The first-order valence-electron chi connectivity index (χ1n) is 25.1. The summed E-state index contributed by atoms with van der Waals surface area (Å²) in [7, 11) is 0. The predicted molar refractivity (Wildman–Crippen MR) is 246 cm³/mol. The van der Waals surface area contributed by atoms with Gasteiger partial charge in [-0.2, -0.15) is 0 Å². The Balaban J connectivity index is 3.49. The summed E-state index contributed by atoms with van der Waals surface area (Å²) >= 11 is 0. The van der Waals surface area contributed by atoms with Crippen LogP contribution in [0.25, 0.3) is 0 Å². The third kappa shape index (κ3) is 43.7. The molecule has 0 aromatic rings. The lowest BCUT2D eigenvalue weighted by Crippen LogP contribution is -2.45. The summed E-state index contributed by atoms with van der Waals surface area (Å²) in [4.78, 5) is 24.4. The molecule has 0 rings (SSSR count). The summed E-state index contributed by atoms with van der Waals surface area (Å²) in [6, 6.07) is -0.565. The van der Waals surface area contributed by atoms with E-state index in [9.17, 15) is 19.8 Å². The van der Waals surface area contributed by atoms with Crippen LogP contribution >= 0.6 is 0 Å². The molecule has 0 fully saturated rings. The third-order valence-corrected chi connectivity index (χ3v) is 11.5. The first-order valence-corrected chi connectivity index (χ1v) is 25.1. The van der Waals surface area contributed by atoms with Crippen LogP contribution in [0.2, 0.25) is 0 Å². The number of hydrogen-bond donors (Lipinski definition) is 3. The summed E-state index contributed by atoms with van der Waals surface area (Å²) < 4.78 is 5.44. The molecule has 0 radical (unpaired) electrons. The van der Waals surface area contributed by atoms with E-state index in [1.54, 1.807) is 0 Å². The van der Waals surface area contributed by atoms with Gasteiger partial charge in [0.05, 0.1) is 25.4 Å². The third-order valence-electron chi connectivity index (χ3n) is 11.5. The Morgan fingerprint density at radius 1 is 0.474 bits per heavy atom. The summed E-state index contributed by atoms with van der Waals surface area (Å²) in [6.45, 7) is 4.85. The fraction of sp³-hybridized carbons (Fsp3) is 0.882. The van der Waals surface area contributed by atoms with Gasteiger partial charge in [0.2, 0.25) is 5.91 Å². The molecule has 6 nitrogen and oxygen atoms in total. The molecule has 336 valence electrons. The number of carbonyl (C=O) groups is 2. The number of aliphatic hydroxyl groups excluding tert-OH is 2. The van der Waals surface area contributed by atoms with E-state index in [0.29, 0.717) is 25.9 Å². The van der Waals surface area contributed by atoms with Gasteiger partial charge in [-0.3, -0.25) is 9.59 Å². The van der Waals surface area contributed by atoms with E-state index in [2.05, 4.69) is 43.5 Å². The van der Waals surface area contributed by atoms with Crippen LogP contribution in [0.5, 0.6) is 0 Å². The number of nitrogens with one attached hydrogen (secondary N) is 1. The van der Waals surface area contributed by atoms with Crippen molar-refractivity contribution in [1.82, 2.24) is 5.32 Å². The van der Waals surface area contributed by atoms with E-state index >= 15 is 0 Å². The van der Waals surface area contributed by atoms with Gasteiger partial charge in [-0.15, -0.1) is 0 Å². The molecule has 0 bridgehead atoms. The number of aliphatic hydroxyl groups is 2. The SMILES string of the molecule is CCCCCCCC/C=C\CCCCCCCCCCCC(=O)OCCCC/C=C\CCCCCCC(=O)NC(CO)C(O)CCCCCCCCCCCCC. The van der Waals surface area contributed by atoms with Crippen LogP contribution in [0.4, 0.5) is 0 Å². The molecule has 0 aromatic heterocycles. The molecule has 1 amide bonds. The second kappa shape index (κ2) is 47.0. The smallest absolute Gasteiger partial charge is 0.305 e. The second-order valence-corrected chi connectivity index (χ2v) is 17.1. The van der Waals surface area contributed by atoms with Crippen LogP contribution in [0.15, 0.2) is 24.3 Å². The van der Waals surface area contributed by atoms with Gasteiger partial charge in [-0.25, -0.2) is 0 Å². The van der Waals surface area contributed by atoms with Crippen molar-refractivity contribution in [2.75, 3.05) is 13.2 Å². The number of hydrogen-bond acceptors (Lipinski definition) is 5. The van der Waals surface area contributed by atoms with E-state index in [1.165, 1.54) is 154 Å². The van der Waals surface area contributed by atoms with Gasteiger partial charge in [-0.05, 0) is 77.0 Å². The monoisotopic (exact) mass is 804 g/mol. The molecule has 3 N–H and O–H groups in total. The van der Waals surface area contributed by atoms with E-state index in [0.717, 1.165) is 77.0 Å². The molecule has 0 spiro atoms. The molecule has 6 heteroatoms. The van der Waals surface area contributed by atoms with Crippen LogP contribution in [-0.4, -0.2) is 47.4 Å². The summed E-state index contributed by atoms with van der Waals surface area (Å²) in [5.41, 5.74) is 0. The van der Waals surface area contributed by atoms with Crippen molar-refractivity contribution >= 4 is 11.9 Å². The van der Waals surface area contributed by atoms with E-state index in [-0.39, 0.29) is 18.5 Å². The zero-order valence-corrected chi connectivity index (χ0v) is 38.1. The van der Waals surface area contributed by atoms with Crippen molar-refractivity contribution in [3.8, 4) is 0 Å². The fourth-order valence-electron chi connectivity index (χ4n) is 7.57. The van der Waals surface area contributed by atoms with Gasteiger partial charge in [0, 0.05) is 12.8 Å². The predicted octanol–water partition coefficient (Wildman–Crippen LogP) is 14.7. The van der Waals surface area contributed by atoms with E-state index in [1.807, 2.05) is 0 Å². The molecule has 0 saturated heterocycles. The van der Waals surface area contributed by atoms with Crippen molar-refractivity contribution in [2.45, 2.75) is 276 Å². The minimum Gasteiger partial charge on any atom is -0.466 e. The summed E-state index contributed by atoms with van der Waals surface area (Å²) in [5.74, 6) is -0.110. The Labute approximate surface area is 354 Å². The molecule has 0 saturated carbocycles. The Hall–Kier alpha value is -1.66. The van der Waals surface area contributed by atoms with Crippen LogP contribution < -0.4 is 5.32 Å². The molecule has 2 unspecified atom stereocenters. The standard InChI is InChI=1S/C51H97NO5/c1-3-5-7-9-11-13-15-16-17-18-19-20-21-22-24-29-33-37-41-45-51(56)57-46-42-38-34-30-26-25-28-32-36-40-44-50(55)52-48(47-53)49(54)43-39-35-31-27-23-14-12-10-8-6-4-2/h16-17,26,30,48-49,53-54H,3-15,18-25,27-29,31-47H2,1-2H3,(H,52,55)/b17-16-,30-26-. The van der Waals surface area contributed by atoms with Crippen LogP contribution in [0.1, 0.15) is 264 Å². The maximum atomic E-state index is 12.4. The van der Waals surface area contributed by atoms with Gasteiger partial charge in [-0.1, -0.05) is 199 Å². The quantitative estimate of drug-likeness (QED) is 0.0324. The molecule has 0 aliphatic rings. The zero-order chi connectivity index (χ0) is 41.5. The molecular weight excluding hydrogens is 707 g/mol. The number of amides is 1. The average Bonchev–Trinajstić information content (AvgIpc) is 3.21. The second-order valence-electron chi connectivity index (χ2n) is 17.1. The highest BCUT2D eigenvalue weighted by molar-refractivity contribution is 5.76. The number of ether oxygens (including phenoxy) is 1. The van der Waals surface area contributed by atoms with E-state index < -0.39 is 12.1 Å². The maximum absolute atomic E-state index is 12.4. The first-order chi connectivity index (χ1) is 28.0. The normalized spacial score (nSPS) is 12.8. The van der Waals surface area contributed by atoms with Crippen LogP contribution in [-0.2, 0) is 14.3 Å². The first kappa shape index (κ1) is 55.3. The van der Waals surface area contributed by atoms with Crippen molar-refractivity contribution in [3.63, 3.8) is 0 Å². The minimum absolute atomic E-state index is 0.0373. The fourth-order valence-corrected chi connectivity index (χ4v) is 7.57. The van der Waals surface area contributed by atoms with Gasteiger partial charge < -0.3 is 20.3 Å². The Kier molecular flexibility index (Phi) is 45.7. The van der Waals surface area contributed by atoms with E-state index in [4.69, 9.17) is 4.74 Å². The van der Waals surface area contributed by atoms with Crippen LogP contribution in [0.3, 0.4) is 0 Å². The largest absolute Gasteiger partial charge is 0.466 e. The highest BCUT2D eigenvalue weighted by Crippen LogP contribution is 2.15. The van der Waals surface area contributed by atoms with Crippen LogP contribution in [0, 0.1) is 0 Å². The van der Waals surface area contributed by atoms with Crippen molar-refractivity contribution < 1.29 is 24.5 Å². The minimum atomic E-state index is -0.684. The number of esters is 1. The molecule has 57 heavy (non-hydrogen) atoms. The number of carbonyl (C=O) groups excluding carboxylic acids is 2. The van der Waals surface area contributed by atoms with Gasteiger partial charge in [0.15, 0.2) is 0 Å². The molecule has 2 atom stereocenters. The van der Waals surface area contributed by atoms with Crippen molar-refractivity contribution in [2.24, 2.45) is 0 Å². The highest BCUT2D eigenvalue weighted by Gasteiger charge is 2.20. The number of rotatable bonds is 46. The molecule has 0 aliphatic heterocycles. The van der Waals surface area contributed by atoms with Gasteiger partial charge in [0.25, 0.3) is 0 Å². The Morgan fingerprint density at radius 2 is 0.825 bits per heavy atom. The number of unbranched alkanes of at least 4 members (excludes halogenated alkanes) is 31.